The van der Waals surface area contributed by atoms with E-state index in [0.29, 0.717) is 12.0 Å². The molecule has 2 aliphatic heterocycles. The molecule has 2 aliphatic rings. The van der Waals surface area contributed by atoms with Crippen molar-refractivity contribution < 1.29 is 4.74 Å². The number of rotatable bonds is 3. The van der Waals surface area contributed by atoms with Gasteiger partial charge in [-0.25, -0.2) is 0 Å². The number of aryl methyl sites for hydroxylation is 1. The zero-order chi connectivity index (χ0) is 13.2. The number of aliphatic imine (C=N–C) groups is 1. The molecular weight excluding hydrogens is 369 g/mol. The van der Waals surface area contributed by atoms with Gasteiger partial charge >= 0.3 is 0 Å². The Morgan fingerprint density at radius 1 is 1.55 bits per heavy atom. The van der Waals surface area contributed by atoms with Gasteiger partial charge in [0.15, 0.2) is 5.96 Å². The summed E-state index contributed by atoms with van der Waals surface area (Å²) in [6.45, 7) is 4.69. The van der Waals surface area contributed by atoms with Crippen molar-refractivity contribution in [1.82, 2.24) is 20.4 Å². The Bertz CT molecular complexity index is 475. The highest BCUT2D eigenvalue weighted by molar-refractivity contribution is 14.0. The van der Waals surface area contributed by atoms with Crippen LogP contribution in [0.5, 0.6) is 0 Å². The van der Waals surface area contributed by atoms with E-state index in [0.717, 1.165) is 37.8 Å². The summed E-state index contributed by atoms with van der Waals surface area (Å²) < 4.78 is 7.77. The van der Waals surface area contributed by atoms with Crippen LogP contribution in [0.3, 0.4) is 0 Å². The average molecular weight is 391 g/mol. The van der Waals surface area contributed by atoms with Crippen LogP contribution in [-0.2, 0) is 11.8 Å². The number of ether oxygens (including phenoxy) is 1. The first-order valence-electron chi connectivity index (χ1n) is 6.88. The molecule has 1 aromatic heterocycles. The van der Waals surface area contributed by atoms with E-state index in [1.165, 1.54) is 0 Å². The molecule has 3 heterocycles. The number of halogens is 1. The lowest BCUT2D eigenvalue weighted by Gasteiger charge is -2.20. The fourth-order valence-electron chi connectivity index (χ4n) is 2.72. The number of aromatic nitrogens is 2. The fourth-order valence-corrected chi connectivity index (χ4v) is 2.72. The van der Waals surface area contributed by atoms with Gasteiger partial charge < -0.3 is 15.4 Å². The lowest BCUT2D eigenvalue weighted by atomic mass is 9.99. The summed E-state index contributed by atoms with van der Waals surface area (Å²) in [5.41, 5.74) is 1.15. The first kappa shape index (κ1) is 15.6. The molecule has 0 saturated carbocycles. The third-order valence-electron chi connectivity index (χ3n) is 3.80. The van der Waals surface area contributed by atoms with Gasteiger partial charge in [0.1, 0.15) is 6.10 Å². The lowest BCUT2D eigenvalue weighted by molar-refractivity contribution is 0.0848. The summed E-state index contributed by atoms with van der Waals surface area (Å²) >= 11 is 0. The molecule has 0 radical (unpaired) electrons. The monoisotopic (exact) mass is 391 g/mol. The van der Waals surface area contributed by atoms with Crippen LogP contribution in [0.25, 0.3) is 0 Å². The third-order valence-corrected chi connectivity index (χ3v) is 3.80. The molecule has 2 N–H and O–H groups in total. The fraction of sp³-hybridized carbons (Fsp3) is 0.692. The summed E-state index contributed by atoms with van der Waals surface area (Å²) in [6.07, 6.45) is 3.04. The maximum absolute atomic E-state index is 5.87. The largest absolute Gasteiger partial charge is 0.372 e. The number of hydrogen-bond acceptors (Lipinski definition) is 5. The van der Waals surface area contributed by atoms with Crippen LogP contribution in [0.15, 0.2) is 17.3 Å². The molecule has 7 heteroatoms. The molecule has 0 aromatic carbocycles. The van der Waals surface area contributed by atoms with Crippen LogP contribution in [0.1, 0.15) is 25.1 Å². The Balaban J connectivity index is 0.00000147. The summed E-state index contributed by atoms with van der Waals surface area (Å²) in [4.78, 5) is 4.42. The van der Waals surface area contributed by atoms with Gasteiger partial charge in [-0.05, 0) is 19.4 Å². The molecule has 1 saturated heterocycles. The molecule has 0 amide bonds. The lowest BCUT2D eigenvalue weighted by Crippen LogP contribution is -2.40. The molecular formula is C13H22IN5O. The van der Waals surface area contributed by atoms with E-state index in [1.54, 1.807) is 0 Å². The molecule has 0 aliphatic carbocycles. The maximum Gasteiger partial charge on any atom is 0.191 e. The summed E-state index contributed by atoms with van der Waals surface area (Å²) in [5.74, 6) is 1.39. The number of guanidine groups is 1. The topological polar surface area (TPSA) is 63.5 Å². The molecule has 20 heavy (non-hydrogen) atoms. The maximum atomic E-state index is 5.87. The average Bonchev–Trinajstić information content (AvgIpc) is 3.07. The Morgan fingerprint density at radius 3 is 3.05 bits per heavy atom. The van der Waals surface area contributed by atoms with E-state index in [2.05, 4.69) is 27.6 Å². The van der Waals surface area contributed by atoms with Gasteiger partial charge in [0, 0.05) is 38.4 Å². The van der Waals surface area contributed by atoms with Crippen LogP contribution in [0, 0.1) is 5.92 Å². The first-order valence-corrected chi connectivity index (χ1v) is 6.88. The van der Waals surface area contributed by atoms with Crippen molar-refractivity contribution in [1.29, 1.82) is 0 Å². The van der Waals surface area contributed by atoms with Crippen molar-refractivity contribution in [2.75, 3.05) is 19.7 Å². The predicted molar refractivity (Wildman–Crippen MR) is 88.3 cm³/mol. The van der Waals surface area contributed by atoms with E-state index in [1.807, 2.05) is 24.0 Å². The third kappa shape index (κ3) is 3.25. The number of nitrogens with one attached hydrogen (secondary N) is 2. The van der Waals surface area contributed by atoms with Crippen LogP contribution >= 0.6 is 24.0 Å². The van der Waals surface area contributed by atoms with E-state index in [-0.39, 0.29) is 30.1 Å². The summed E-state index contributed by atoms with van der Waals surface area (Å²) in [6, 6.07) is 2.48. The quantitative estimate of drug-likeness (QED) is 0.757. The Labute approximate surface area is 136 Å². The first-order chi connectivity index (χ1) is 9.24. The predicted octanol–water partition coefficient (Wildman–Crippen LogP) is 1.05. The van der Waals surface area contributed by atoms with Crippen LogP contribution in [0.2, 0.25) is 0 Å². The van der Waals surface area contributed by atoms with Gasteiger partial charge in [0.2, 0.25) is 0 Å². The highest BCUT2D eigenvalue weighted by Crippen LogP contribution is 2.33. The summed E-state index contributed by atoms with van der Waals surface area (Å²) in [7, 11) is 1.96. The highest BCUT2D eigenvalue weighted by Gasteiger charge is 2.31. The summed E-state index contributed by atoms with van der Waals surface area (Å²) in [5, 5.41) is 10.9. The molecule has 1 unspecified atom stereocenters. The smallest absolute Gasteiger partial charge is 0.191 e. The van der Waals surface area contributed by atoms with E-state index in [9.17, 15) is 0 Å². The second kappa shape index (κ2) is 6.75. The van der Waals surface area contributed by atoms with Gasteiger partial charge in [0.05, 0.1) is 12.2 Å². The molecule has 3 rings (SSSR count). The minimum Gasteiger partial charge on any atom is -0.372 e. The van der Waals surface area contributed by atoms with Crippen LogP contribution in [0.4, 0.5) is 0 Å². The molecule has 112 valence electrons. The zero-order valence-corrected chi connectivity index (χ0v) is 14.2. The van der Waals surface area contributed by atoms with Gasteiger partial charge in [-0.1, -0.05) is 0 Å². The molecule has 1 fully saturated rings. The molecule has 3 atom stereocenters. The standard InChI is InChI=1S/C13H21N5O.HI/c1-9-7-14-13(17-9)15-8-10-4-6-19-12(10)11-3-5-16-18(11)2;/h3,5,9-10,12H,4,6-8H2,1-2H3,(H2,14,15,17);1H/t9?,10-,12+;/m0./s1. The van der Waals surface area contributed by atoms with Gasteiger partial charge in [-0.3, -0.25) is 9.67 Å². The molecule has 0 spiro atoms. The van der Waals surface area contributed by atoms with Crippen LogP contribution in [-0.4, -0.2) is 41.5 Å². The molecule has 0 bridgehead atoms. The number of hydrogen-bond donors (Lipinski definition) is 2. The number of nitrogens with zero attached hydrogens (tertiary/aromatic N) is 3. The van der Waals surface area contributed by atoms with Crippen LogP contribution < -0.4 is 10.6 Å². The van der Waals surface area contributed by atoms with Crippen molar-refractivity contribution in [2.45, 2.75) is 25.5 Å². The Hall–Kier alpha value is -0.830. The van der Waals surface area contributed by atoms with Crippen molar-refractivity contribution >= 4 is 29.9 Å². The van der Waals surface area contributed by atoms with Gasteiger partial charge in [0.25, 0.3) is 0 Å². The van der Waals surface area contributed by atoms with E-state index >= 15 is 0 Å². The van der Waals surface area contributed by atoms with E-state index < -0.39 is 0 Å². The highest BCUT2D eigenvalue weighted by atomic mass is 127. The zero-order valence-electron chi connectivity index (χ0n) is 11.9. The molecule has 6 nitrogen and oxygen atoms in total. The second-order valence-corrected chi connectivity index (χ2v) is 5.34. The van der Waals surface area contributed by atoms with Crippen molar-refractivity contribution in [3.05, 3.63) is 18.0 Å². The van der Waals surface area contributed by atoms with Crippen molar-refractivity contribution in [3.8, 4) is 0 Å². The van der Waals surface area contributed by atoms with Gasteiger partial charge in [-0.2, -0.15) is 5.10 Å². The van der Waals surface area contributed by atoms with Gasteiger partial charge in [-0.15, -0.1) is 24.0 Å². The van der Waals surface area contributed by atoms with E-state index in [4.69, 9.17) is 4.74 Å². The van der Waals surface area contributed by atoms with Crippen molar-refractivity contribution in [3.63, 3.8) is 0 Å². The second-order valence-electron chi connectivity index (χ2n) is 5.34. The molecule has 1 aromatic rings. The Kier molecular flexibility index (Phi) is 5.25. The minimum atomic E-state index is 0. The Morgan fingerprint density at radius 2 is 2.40 bits per heavy atom. The van der Waals surface area contributed by atoms with Crippen molar-refractivity contribution in [2.24, 2.45) is 18.0 Å². The SMILES string of the molecule is CC1CN=C(NC[C@@H]2CCO[C@H]2c2ccnn2C)N1.I. The minimum absolute atomic E-state index is 0. The normalized spacial score (nSPS) is 28.7.